The summed E-state index contributed by atoms with van der Waals surface area (Å²) in [6.45, 7) is 0.229. The zero-order valence-electron chi connectivity index (χ0n) is 8.44. The second kappa shape index (κ2) is 7.01. The molecule has 4 nitrogen and oxygen atoms in total. The zero-order chi connectivity index (χ0) is 12.0. The molecule has 2 N–H and O–H groups in total. The number of nitrogens with one attached hydrogen (secondary N) is 1. The highest BCUT2D eigenvalue weighted by atomic mass is 35.5. The van der Waals surface area contributed by atoms with Crippen molar-refractivity contribution >= 4 is 39.6 Å². The lowest BCUT2D eigenvalue weighted by Crippen LogP contribution is -2.28. The summed E-state index contributed by atoms with van der Waals surface area (Å²) in [5, 5.41) is 11.2. The topological polar surface area (TPSA) is 66.4 Å². The lowest BCUT2D eigenvalue weighted by atomic mass is 10.4. The molecule has 1 unspecified atom stereocenters. The highest BCUT2D eigenvalue weighted by molar-refractivity contribution is 7.85. The SMILES string of the molecule is O=C(CS(=O)CCO)NCc1ccc(Cl)s1. The second-order valence-electron chi connectivity index (χ2n) is 2.99. The molecular weight excluding hydrogens is 270 g/mol. The number of aliphatic hydroxyl groups excluding tert-OH is 1. The molecule has 0 aliphatic carbocycles. The highest BCUT2D eigenvalue weighted by Gasteiger charge is 2.07. The van der Waals surface area contributed by atoms with Crippen LogP contribution in [-0.2, 0) is 22.1 Å². The van der Waals surface area contributed by atoms with Crippen molar-refractivity contribution in [3.05, 3.63) is 21.3 Å². The predicted octanol–water partition coefficient (Wildman–Crippen LogP) is 0.759. The quantitative estimate of drug-likeness (QED) is 0.809. The van der Waals surface area contributed by atoms with Gasteiger partial charge in [0.05, 0.1) is 17.5 Å². The molecule has 1 aromatic heterocycles. The molecule has 1 rings (SSSR count). The van der Waals surface area contributed by atoms with E-state index in [2.05, 4.69) is 5.32 Å². The molecule has 0 bridgehead atoms. The van der Waals surface area contributed by atoms with Crippen molar-refractivity contribution in [2.24, 2.45) is 0 Å². The van der Waals surface area contributed by atoms with Crippen LogP contribution in [0.25, 0.3) is 0 Å². The van der Waals surface area contributed by atoms with Crippen LogP contribution in [0.2, 0.25) is 4.34 Å². The fraction of sp³-hybridized carbons (Fsp3) is 0.444. The number of amides is 1. The van der Waals surface area contributed by atoms with Gasteiger partial charge in [-0.25, -0.2) is 0 Å². The Morgan fingerprint density at radius 3 is 2.88 bits per heavy atom. The predicted molar refractivity (Wildman–Crippen MR) is 66.1 cm³/mol. The van der Waals surface area contributed by atoms with Crippen molar-refractivity contribution in [1.82, 2.24) is 5.32 Å². The minimum Gasteiger partial charge on any atom is -0.395 e. The molecule has 0 spiro atoms. The van der Waals surface area contributed by atoms with E-state index in [4.69, 9.17) is 16.7 Å². The minimum absolute atomic E-state index is 0.0698. The standard InChI is InChI=1S/C9H12ClNO3S2/c10-8-2-1-7(15-8)5-11-9(13)6-16(14)4-3-12/h1-2,12H,3-6H2,(H,11,13). The largest absolute Gasteiger partial charge is 0.395 e. The van der Waals surface area contributed by atoms with Crippen LogP contribution in [0.15, 0.2) is 12.1 Å². The van der Waals surface area contributed by atoms with Crippen molar-refractivity contribution in [3.8, 4) is 0 Å². The Kier molecular flexibility index (Phi) is 5.97. The Morgan fingerprint density at radius 1 is 1.56 bits per heavy atom. The van der Waals surface area contributed by atoms with Crippen LogP contribution in [0, 0.1) is 0 Å². The average molecular weight is 282 g/mol. The molecule has 1 aromatic rings. The highest BCUT2D eigenvalue weighted by Crippen LogP contribution is 2.20. The maximum Gasteiger partial charge on any atom is 0.232 e. The summed E-state index contributed by atoms with van der Waals surface area (Å²) >= 11 is 7.12. The fourth-order valence-corrected chi connectivity index (χ4v) is 2.77. The minimum atomic E-state index is -1.29. The molecule has 7 heteroatoms. The Balaban J connectivity index is 2.27. The van der Waals surface area contributed by atoms with Gasteiger partial charge in [-0.05, 0) is 12.1 Å². The molecule has 0 saturated carbocycles. The number of thiophene rings is 1. The van der Waals surface area contributed by atoms with E-state index in [0.717, 1.165) is 4.88 Å². The van der Waals surface area contributed by atoms with E-state index in [9.17, 15) is 9.00 Å². The van der Waals surface area contributed by atoms with Gasteiger partial charge in [-0.3, -0.25) is 9.00 Å². The summed E-state index contributed by atoms with van der Waals surface area (Å²) < 4.78 is 11.8. The second-order valence-corrected chi connectivity index (χ2v) is 6.37. The van der Waals surface area contributed by atoms with Gasteiger partial charge in [-0.2, -0.15) is 0 Å². The van der Waals surface area contributed by atoms with Gasteiger partial charge in [0.1, 0.15) is 5.75 Å². The van der Waals surface area contributed by atoms with E-state index in [1.54, 1.807) is 6.07 Å². The Bertz CT molecular complexity index is 381. The summed E-state index contributed by atoms with van der Waals surface area (Å²) in [5.74, 6) is -0.214. The Labute approximate surface area is 105 Å². The molecule has 0 saturated heterocycles. The molecule has 0 radical (unpaired) electrons. The third-order valence-corrected chi connectivity index (χ3v) is 4.15. The van der Waals surface area contributed by atoms with Crippen molar-refractivity contribution < 1.29 is 14.1 Å². The number of rotatable bonds is 6. The first kappa shape index (κ1) is 13.6. The zero-order valence-corrected chi connectivity index (χ0v) is 10.8. The molecule has 1 atom stereocenters. The van der Waals surface area contributed by atoms with Crippen LogP contribution in [0.4, 0.5) is 0 Å². The van der Waals surface area contributed by atoms with E-state index in [1.165, 1.54) is 11.3 Å². The fourth-order valence-electron chi connectivity index (χ4n) is 1.00. The maximum atomic E-state index is 11.3. The molecule has 90 valence electrons. The van der Waals surface area contributed by atoms with Gasteiger partial charge >= 0.3 is 0 Å². The third kappa shape index (κ3) is 5.07. The van der Waals surface area contributed by atoms with Crippen LogP contribution < -0.4 is 5.32 Å². The normalized spacial score (nSPS) is 12.4. The van der Waals surface area contributed by atoms with Gasteiger partial charge in [-0.1, -0.05) is 11.6 Å². The van der Waals surface area contributed by atoms with Crippen molar-refractivity contribution in [2.75, 3.05) is 18.1 Å². The number of halogens is 1. The molecule has 0 fully saturated rings. The van der Waals surface area contributed by atoms with Crippen LogP contribution >= 0.6 is 22.9 Å². The van der Waals surface area contributed by atoms with Gasteiger partial charge in [-0.15, -0.1) is 11.3 Å². The first-order valence-corrected chi connectivity index (χ1v) is 7.27. The lowest BCUT2D eigenvalue weighted by molar-refractivity contribution is -0.118. The first-order chi connectivity index (χ1) is 7.61. The van der Waals surface area contributed by atoms with Gasteiger partial charge in [0.2, 0.25) is 5.91 Å². The lowest BCUT2D eigenvalue weighted by Gasteiger charge is -2.02. The number of carbonyl (C=O) groups excluding carboxylic acids is 1. The molecule has 1 heterocycles. The van der Waals surface area contributed by atoms with Gasteiger partial charge in [0.25, 0.3) is 0 Å². The number of hydrogen-bond acceptors (Lipinski definition) is 4. The summed E-state index contributed by atoms with van der Waals surface area (Å²) in [6, 6.07) is 3.59. The smallest absolute Gasteiger partial charge is 0.232 e. The molecule has 0 aliphatic rings. The van der Waals surface area contributed by atoms with Crippen LogP contribution in [0.3, 0.4) is 0 Å². The van der Waals surface area contributed by atoms with Gasteiger partial charge in [0, 0.05) is 21.4 Å². The third-order valence-electron chi connectivity index (χ3n) is 1.70. The Hall–Kier alpha value is -0.430. The number of carbonyl (C=O) groups is 1. The molecule has 16 heavy (non-hydrogen) atoms. The van der Waals surface area contributed by atoms with Crippen LogP contribution in [-0.4, -0.2) is 33.3 Å². The van der Waals surface area contributed by atoms with Gasteiger partial charge < -0.3 is 10.4 Å². The molecule has 1 amide bonds. The van der Waals surface area contributed by atoms with E-state index in [-0.39, 0.29) is 24.0 Å². The van der Waals surface area contributed by atoms with E-state index in [0.29, 0.717) is 10.9 Å². The number of hydrogen-bond donors (Lipinski definition) is 2. The summed E-state index contributed by atoms with van der Waals surface area (Å²) in [7, 11) is -1.29. The summed E-state index contributed by atoms with van der Waals surface area (Å²) in [4.78, 5) is 12.2. The molecule has 0 aromatic carbocycles. The van der Waals surface area contributed by atoms with Crippen molar-refractivity contribution in [2.45, 2.75) is 6.54 Å². The monoisotopic (exact) mass is 281 g/mol. The van der Waals surface area contributed by atoms with Crippen LogP contribution in [0.1, 0.15) is 4.88 Å². The van der Waals surface area contributed by atoms with E-state index >= 15 is 0 Å². The van der Waals surface area contributed by atoms with Crippen LogP contribution in [0.5, 0.6) is 0 Å². The average Bonchev–Trinajstić information content (AvgIpc) is 2.61. The maximum absolute atomic E-state index is 11.3. The Morgan fingerprint density at radius 2 is 2.31 bits per heavy atom. The molecular formula is C9H12ClNO3S2. The first-order valence-electron chi connectivity index (χ1n) is 4.58. The van der Waals surface area contributed by atoms with Crippen molar-refractivity contribution in [1.29, 1.82) is 0 Å². The van der Waals surface area contributed by atoms with E-state index < -0.39 is 10.8 Å². The van der Waals surface area contributed by atoms with Gasteiger partial charge in [0.15, 0.2) is 0 Å². The van der Waals surface area contributed by atoms with E-state index in [1.807, 2.05) is 6.07 Å². The summed E-state index contributed by atoms with van der Waals surface area (Å²) in [5.41, 5.74) is 0. The summed E-state index contributed by atoms with van der Waals surface area (Å²) in [6.07, 6.45) is 0. The molecule has 0 aliphatic heterocycles. The van der Waals surface area contributed by atoms with Crippen molar-refractivity contribution in [3.63, 3.8) is 0 Å². The number of aliphatic hydroxyl groups is 1.